The molecule has 0 fully saturated rings. The number of ether oxygens (including phenoxy) is 4. The summed E-state index contributed by atoms with van der Waals surface area (Å²) in [6.07, 6.45) is 0. The van der Waals surface area contributed by atoms with Gasteiger partial charge in [-0.05, 0) is 49.2 Å². The van der Waals surface area contributed by atoms with Crippen molar-refractivity contribution < 1.29 is 28.5 Å². The van der Waals surface area contributed by atoms with Crippen LogP contribution in [-0.2, 0) is 24.5 Å². The summed E-state index contributed by atoms with van der Waals surface area (Å²) in [4.78, 5) is 23.0. The van der Waals surface area contributed by atoms with E-state index in [1.54, 1.807) is 13.8 Å². The zero-order valence-electron chi connectivity index (χ0n) is 20.5. The van der Waals surface area contributed by atoms with Gasteiger partial charge in [0.1, 0.15) is 40.1 Å². The molecule has 10 heteroatoms. The molecule has 0 aromatic heterocycles. The van der Waals surface area contributed by atoms with Crippen molar-refractivity contribution in [3.63, 3.8) is 0 Å². The molecular weight excluding hydrogens is 740 g/mol. The Hall–Kier alpha value is -1.62. The Bertz CT molecular complexity index is 1010. The largest absolute Gasteiger partial charge is 0.490 e. The monoisotopic (exact) mass is 764 g/mol. The van der Waals surface area contributed by atoms with Gasteiger partial charge in [0.15, 0.2) is 0 Å². The van der Waals surface area contributed by atoms with Gasteiger partial charge in [-0.15, -0.1) is 0 Å². The van der Waals surface area contributed by atoms with E-state index in [4.69, 9.17) is 18.9 Å². The van der Waals surface area contributed by atoms with Crippen molar-refractivity contribution in [2.75, 3.05) is 31.8 Å². The number of carbonyl (C=O) groups excluding carboxylic acids is 2. The van der Waals surface area contributed by atoms with Gasteiger partial charge in [-0.2, -0.15) is 0 Å². The Labute approximate surface area is 251 Å². The maximum absolute atomic E-state index is 11.5. The molecule has 0 unspecified atom stereocenters. The molecular formula is C27H28Br4O6. The van der Waals surface area contributed by atoms with Crippen molar-refractivity contribution >= 4 is 75.7 Å². The van der Waals surface area contributed by atoms with E-state index in [0.717, 1.165) is 11.1 Å². The van der Waals surface area contributed by atoms with Crippen molar-refractivity contribution in [2.24, 2.45) is 0 Å². The van der Waals surface area contributed by atoms with Crippen LogP contribution in [0.3, 0.4) is 0 Å². The fourth-order valence-corrected chi connectivity index (χ4v) is 7.22. The lowest BCUT2D eigenvalue weighted by atomic mass is 9.78. The van der Waals surface area contributed by atoms with E-state index in [2.05, 4.69) is 76.9 Å². The maximum atomic E-state index is 11.5. The average Bonchev–Trinajstić information content (AvgIpc) is 2.85. The topological polar surface area (TPSA) is 71.1 Å². The molecule has 0 aliphatic heterocycles. The maximum Gasteiger partial charge on any atom is 0.333 e. The minimum atomic E-state index is -0.693. The van der Waals surface area contributed by atoms with Crippen LogP contribution in [0.15, 0.2) is 72.8 Å². The van der Waals surface area contributed by atoms with Gasteiger partial charge in [0.2, 0.25) is 0 Å². The number of rotatable bonds is 13. The first-order valence-electron chi connectivity index (χ1n) is 11.2. The van der Waals surface area contributed by atoms with Gasteiger partial charge in [0.05, 0.1) is 5.41 Å². The fourth-order valence-electron chi connectivity index (χ4n) is 3.23. The Morgan fingerprint density at radius 2 is 1.05 bits per heavy atom. The van der Waals surface area contributed by atoms with Crippen LogP contribution in [0, 0.1) is 0 Å². The lowest BCUT2D eigenvalue weighted by Crippen LogP contribution is -2.42. The predicted molar refractivity (Wildman–Crippen MR) is 160 cm³/mol. The summed E-state index contributed by atoms with van der Waals surface area (Å²) in [5.41, 5.74) is 2.11. The lowest BCUT2D eigenvalue weighted by Gasteiger charge is -2.40. The van der Waals surface area contributed by atoms with Crippen molar-refractivity contribution in [1.82, 2.24) is 0 Å². The third kappa shape index (κ3) is 8.70. The molecule has 6 nitrogen and oxygen atoms in total. The number of carbonyl (C=O) groups is 2. The molecule has 0 aliphatic carbocycles. The van der Waals surface area contributed by atoms with Crippen LogP contribution in [0.25, 0.3) is 0 Å². The van der Waals surface area contributed by atoms with Crippen LogP contribution in [0.2, 0.25) is 0 Å². The first-order valence-corrected chi connectivity index (χ1v) is 14.7. The predicted octanol–water partition coefficient (Wildman–Crippen LogP) is 7.20. The van der Waals surface area contributed by atoms with E-state index >= 15 is 0 Å². The second-order valence-corrected chi connectivity index (χ2v) is 15.4. The number of halogens is 4. The summed E-state index contributed by atoms with van der Waals surface area (Å²) in [5.74, 6) is 0.428. The van der Waals surface area contributed by atoms with Gasteiger partial charge in [0.25, 0.3) is 0 Å². The van der Waals surface area contributed by atoms with Crippen molar-refractivity contribution in [3.8, 4) is 11.5 Å². The average molecular weight is 768 g/mol. The quantitative estimate of drug-likeness (QED) is 0.0930. The van der Waals surface area contributed by atoms with Gasteiger partial charge in [0, 0.05) is 16.5 Å². The summed E-state index contributed by atoms with van der Waals surface area (Å²) in [6.45, 7) is 11.0. The molecule has 2 rings (SSSR count). The number of benzene rings is 2. The van der Waals surface area contributed by atoms with Crippen LogP contribution in [0.4, 0.5) is 0 Å². The first kappa shape index (κ1) is 31.6. The molecule has 37 heavy (non-hydrogen) atoms. The number of hydrogen-bond acceptors (Lipinski definition) is 6. The van der Waals surface area contributed by atoms with Gasteiger partial charge < -0.3 is 18.9 Å². The number of alkyl halides is 4. The molecule has 0 N–H and O–H groups in total. The molecule has 0 heterocycles. The zero-order chi connectivity index (χ0) is 27.6. The minimum absolute atomic E-state index is 0.136. The highest BCUT2D eigenvalue weighted by molar-refractivity contribution is 9.39. The van der Waals surface area contributed by atoms with Gasteiger partial charge in [-0.1, -0.05) is 101 Å². The fraction of sp³-hybridized carbons (Fsp3) is 0.333. The zero-order valence-corrected chi connectivity index (χ0v) is 26.9. The molecule has 2 aromatic carbocycles. The molecule has 0 amide bonds. The van der Waals surface area contributed by atoms with E-state index in [-0.39, 0.29) is 26.4 Å². The molecule has 0 bridgehead atoms. The Morgan fingerprint density at radius 1 is 0.703 bits per heavy atom. The summed E-state index contributed by atoms with van der Waals surface area (Å²) >= 11 is 15.0. The normalized spacial score (nSPS) is 11.4. The van der Waals surface area contributed by atoms with Crippen LogP contribution in [-0.4, -0.2) is 45.8 Å². The van der Waals surface area contributed by atoms with E-state index in [0.29, 0.717) is 28.0 Å². The highest BCUT2D eigenvalue weighted by Crippen LogP contribution is 2.55. The van der Waals surface area contributed by atoms with Crippen LogP contribution >= 0.6 is 63.7 Å². The van der Waals surface area contributed by atoms with E-state index in [1.807, 2.05) is 48.5 Å². The second-order valence-electron chi connectivity index (χ2n) is 8.11. The molecule has 0 radical (unpaired) electrons. The Kier molecular flexibility index (Phi) is 12.4. The molecule has 200 valence electrons. The number of esters is 2. The Balaban J connectivity index is 2.13. The minimum Gasteiger partial charge on any atom is -0.490 e. The van der Waals surface area contributed by atoms with Crippen molar-refractivity contribution in [2.45, 2.75) is 21.4 Å². The molecule has 0 spiro atoms. The molecule has 0 saturated carbocycles. The van der Waals surface area contributed by atoms with Crippen molar-refractivity contribution in [1.29, 1.82) is 0 Å². The molecule has 0 aliphatic rings. The van der Waals surface area contributed by atoms with Gasteiger partial charge >= 0.3 is 11.9 Å². The van der Waals surface area contributed by atoms with Gasteiger partial charge in [-0.3, -0.25) is 0 Å². The molecule has 0 atom stereocenters. The molecule has 2 aromatic rings. The highest BCUT2D eigenvalue weighted by Gasteiger charge is 2.49. The summed E-state index contributed by atoms with van der Waals surface area (Å²) in [7, 11) is 0. The highest BCUT2D eigenvalue weighted by atomic mass is 80.0. The van der Waals surface area contributed by atoms with E-state index in [9.17, 15) is 9.59 Å². The standard InChI is InChI=1S/C27H28Br4O6/c1-18(2)24(32)36-15-13-34-22-9-5-20(6-10-22)26(17-28,27(29,30)31)21-7-11-23(12-8-21)35-14-16-37-25(33)19(3)4/h5-12H,1,3,13-17H2,2,4H3. The first-order chi connectivity index (χ1) is 17.4. The van der Waals surface area contributed by atoms with Crippen molar-refractivity contribution in [3.05, 3.63) is 84.0 Å². The van der Waals surface area contributed by atoms with Crippen LogP contribution < -0.4 is 9.47 Å². The number of hydrogen-bond donors (Lipinski definition) is 0. The third-order valence-electron chi connectivity index (χ3n) is 5.25. The summed E-state index contributed by atoms with van der Waals surface area (Å²) in [6, 6.07) is 15.4. The third-order valence-corrected chi connectivity index (χ3v) is 8.12. The lowest BCUT2D eigenvalue weighted by molar-refractivity contribution is -0.140. The van der Waals surface area contributed by atoms with E-state index < -0.39 is 19.5 Å². The summed E-state index contributed by atoms with van der Waals surface area (Å²) in [5, 5.41) is 0.565. The van der Waals surface area contributed by atoms with Gasteiger partial charge in [-0.25, -0.2) is 9.59 Å². The SMILES string of the molecule is C=C(C)C(=O)OCCOc1ccc(C(CBr)(c2ccc(OCCOC(=O)C(=C)C)cc2)C(Br)(Br)Br)cc1. The molecule has 0 saturated heterocycles. The Morgan fingerprint density at radius 3 is 1.32 bits per heavy atom. The smallest absolute Gasteiger partial charge is 0.333 e. The van der Waals surface area contributed by atoms with E-state index in [1.165, 1.54) is 0 Å². The van der Waals surface area contributed by atoms with Crippen LogP contribution in [0.1, 0.15) is 25.0 Å². The van der Waals surface area contributed by atoms with Crippen LogP contribution in [0.5, 0.6) is 11.5 Å². The summed E-state index contributed by atoms with van der Waals surface area (Å²) < 4.78 is 20.9. The second kappa shape index (κ2) is 14.5.